The van der Waals surface area contributed by atoms with Gasteiger partial charge in [0.05, 0.1) is 17.8 Å². The van der Waals surface area contributed by atoms with E-state index in [1.165, 1.54) is 4.31 Å². The molecule has 3 heterocycles. The fourth-order valence-corrected chi connectivity index (χ4v) is 5.54. The number of carbonyl (C=O) groups is 1. The molecule has 0 radical (unpaired) electrons. The molecule has 11 heteroatoms. The van der Waals surface area contributed by atoms with Crippen molar-refractivity contribution >= 4 is 15.9 Å². The third kappa shape index (κ3) is 4.55. The summed E-state index contributed by atoms with van der Waals surface area (Å²) in [6.07, 6.45) is 2.62. The van der Waals surface area contributed by atoms with E-state index >= 15 is 0 Å². The summed E-state index contributed by atoms with van der Waals surface area (Å²) in [5, 5.41) is 16.4. The summed E-state index contributed by atoms with van der Waals surface area (Å²) >= 11 is 0. The molecule has 27 heavy (non-hydrogen) atoms. The highest BCUT2D eigenvalue weighted by molar-refractivity contribution is 7.89. The van der Waals surface area contributed by atoms with Gasteiger partial charge < -0.3 is 9.47 Å². The van der Waals surface area contributed by atoms with Crippen LogP contribution in [0.25, 0.3) is 0 Å². The first-order valence-electron chi connectivity index (χ1n) is 8.75. The van der Waals surface area contributed by atoms with Crippen LogP contribution in [0.3, 0.4) is 0 Å². The van der Waals surface area contributed by atoms with Crippen molar-refractivity contribution in [2.75, 3.05) is 26.3 Å². The zero-order valence-corrected chi connectivity index (χ0v) is 15.5. The third-order valence-electron chi connectivity index (χ3n) is 4.88. The van der Waals surface area contributed by atoms with Gasteiger partial charge in [-0.15, -0.1) is 0 Å². The van der Waals surface area contributed by atoms with Gasteiger partial charge in [0.2, 0.25) is 15.9 Å². The number of hydroxylamine groups is 2. The Balaban J connectivity index is 1.64. The molecule has 2 saturated heterocycles. The van der Waals surface area contributed by atoms with Crippen LogP contribution in [0.4, 0.5) is 0 Å². The number of ether oxygens (including phenoxy) is 2. The van der Waals surface area contributed by atoms with Crippen molar-refractivity contribution in [3.63, 3.8) is 0 Å². The highest BCUT2D eigenvalue weighted by Crippen LogP contribution is 2.28. The summed E-state index contributed by atoms with van der Waals surface area (Å²) in [5.74, 6) is -1.74. The second-order valence-electron chi connectivity index (χ2n) is 6.57. The van der Waals surface area contributed by atoms with Crippen molar-refractivity contribution in [2.24, 2.45) is 5.92 Å². The van der Waals surface area contributed by atoms with Gasteiger partial charge in [0.1, 0.15) is 6.10 Å². The lowest BCUT2D eigenvalue weighted by Gasteiger charge is -2.37. The smallest absolute Gasteiger partial charge is 0.279 e. The Bertz CT molecular complexity index is 736. The highest BCUT2D eigenvalue weighted by Gasteiger charge is 2.45. The molecule has 2 aliphatic heterocycles. The van der Waals surface area contributed by atoms with Gasteiger partial charge in [0.25, 0.3) is 5.91 Å². The summed E-state index contributed by atoms with van der Waals surface area (Å²) in [4.78, 5) is 16.0. The quantitative estimate of drug-likeness (QED) is 0.531. The molecule has 1 aromatic rings. The van der Waals surface area contributed by atoms with E-state index in [4.69, 9.17) is 19.9 Å². The number of aromatic nitrogens is 1. The Hall–Kier alpha value is -1.79. The van der Waals surface area contributed by atoms with E-state index in [0.717, 1.165) is 0 Å². The molecular weight excluding hydrogens is 378 g/mol. The monoisotopic (exact) mass is 401 g/mol. The Morgan fingerprint density at radius 1 is 1.26 bits per heavy atom. The van der Waals surface area contributed by atoms with Crippen LogP contribution in [0.1, 0.15) is 19.3 Å². The number of piperidine rings is 1. The van der Waals surface area contributed by atoms with Gasteiger partial charge in [0, 0.05) is 32.0 Å². The largest absolute Gasteiger partial charge is 0.474 e. The first-order chi connectivity index (χ1) is 12.9. The molecule has 0 aromatic carbocycles. The molecule has 0 aliphatic carbocycles. The lowest BCUT2D eigenvalue weighted by molar-refractivity contribution is -0.289. The average Bonchev–Trinajstić information content (AvgIpc) is 2.68. The van der Waals surface area contributed by atoms with E-state index in [0.29, 0.717) is 18.7 Å². The minimum atomic E-state index is -3.80. The Labute approximate surface area is 157 Å². The minimum Gasteiger partial charge on any atom is -0.474 e. The van der Waals surface area contributed by atoms with Crippen LogP contribution in [0.5, 0.6) is 5.88 Å². The number of pyridine rings is 1. The molecule has 2 N–H and O–H groups in total. The van der Waals surface area contributed by atoms with Crippen molar-refractivity contribution in [2.45, 2.75) is 30.6 Å². The maximum absolute atomic E-state index is 13.0. The summed E-state index contributed by atoms with van der Waals surface area (Å²) in [7, 11) is -3.80. The molecule has 1 aromatic heterocycles. The van der Waals surface area contributed by atoms with Crippen LogP contribution in [0.2, 0.25) is 0 Å². The van der Waals surface area contributed by atoms with E-state index in [1.807, 2.05) is 6.07 Å². The number of nitrogens with zero attached hydrogens (tertiary/aromatic N) is 3. The number of amides is 1. The summed E-state index contributed by atoms with van der Waals surface area (Å²) in [6, 6.07) is 5.35. The molecule has 0 saturated carbocycles. The zero-order valence-electron chi connectivity index (χ0n) is 14.7. The van der Waals surface area contributed by atoms with Crippen molar-refractivity contribution in [3.05, 3.63) is 24.4 Å². The van der Waals surface area contributed by atoms with E-state index in [-0.39, 0.29) is 38.8 Å². The number of sulfonamides is 1. The van der Waals surface area contributed by atoms with Crippen LogP contribution < -0.4 is 4.74 Å². The van der Waals surface area contributed by atoms with Crippen LogP contribution >= 0.6 is 0 Å². The molecule has 3 rings (SSSR count). The van der Waals surface area contributed by atoms with Crippen LogP contribution in [0.15, 0.2) is 24.4 Å². The van der Waals surface area contributed by atoms with Gasteiger partial charge in [-0.25, -0.2) is 17.7 Å². The van der Waals surface area contributed by atoms with E-state index < -0.39 is 32.3 Å². The number of hydrogen-bond acceptors (Lipinski definition) is 8. The summed E-state index contributed by atoms with van der Waals surface area (Å²) < 4.78 is 38.3. The third-order valence-corrected chi connectivity index (χ3v) is 7.29. The maximum atomic E-state index is 13.0. The molecule has 150 valence electrons. The topological polar surface area (TPSA) is 130 Å². The van der Waals surface area contributed by atoms with Gasteiger partial charge in [-0.1, -0.05) is 11.3 Å². The fourth-order valence-electron chi connectivity index (χ4n) is 3.44. The molecule has 2 fully saturated rings. The van der Waals surface area contributed by atoms with Gasteiger partial charge >= 0.3 is 0 Å². The van der Waals surface area contributed by atoms with Gasteiger partial charge in [0.15, 0.2) is 0 Å². The second-order valence-corrected chi connectivity index (χ2v) is 8.72. The fraction of sp³-hybridized carbons (Fsp3) is 0.625. The van der Waals surface area contributed by atoms with Gasteiger partial charge in [-0.3, -0.25) is 15.2 Å². The van der Waals surface area contributed by atoms with Crippen molar-refractivity contribution in [3.8, 4) is 5.88 Å². The second kappa shape index (κ2) is 8.48. The molecule has 10 nitrogen and oxygen atoms in total. The highest BCUT2D eigenvalue weighted by atomic mass is 32.2. The first-order valence-corrected chi connectivity index (χ1v) is 10.3. The first kappa shape index (κ1) is 20.0. The Morgan fingerprint density at radius 3 is 2.63 bits per heavy atom. The minimum absolute atomic E-state index is 0.122. The van der Waals surface area contributed by atoms with E-state index in [1.54, 1.807) is 18.3 Å². The molecule has 0 spiro atoms. The number of rotatable bonds is 5. The predicted octanol–water partition coefficient (Wildman–Crippen LogP) is 0.267. The van der Waals surface area contributed by atoms with E-state index in [2.05, 4.69) is 4.98 Å². The molecule has 2 atom stereocenters. The van der Waals surface area contributed by atoms with Gasteiger partial charge in [-0.05, 0) is 25.3 Å². The predicted molar refractivity (Wildman–Crippen MR) is 91.5 cm³/mol. The van der Waals surface area contributed by atoms with Gasteiger partial charge in [-0.2, -0.15) is 0 Å². The SMILES string of the molecule is O=C(C1COCCC1S(=O)(=O)N1CCC(Oc2ccccn2)CC1)N(O)O. The van der Waals surface area contributed by atoms with Crippen molar-refractivity contribution < 1.29 is 33.1 Å². The summed E-state index contributed by atoms with van der Waals surface area (Å²) in [5.41, 5.74) is 0. The molecular formula is C16H23N3O7S. The summed E-state index contributed by atoms with van der Waals surface area (Å²) in [6.45, 7) is 0.559. The van der Waals surface area contributed by atoms with E-state index in [9.17, 15) is 13.2 Å². The van der Waals surface area contributed by atoms with Crippen LogP contribution in [-0.2, 0) is 19.6 Å². The normalized spacial score (nSPS) is 25.1. The average molecular weight is 401 g/mol. The Kier molecular flexibility index (Phi) is 6.27. The van der Waals surface area contributed by atoms with Crippen LogP contribution in [0, 0.1) is 5.92 Å². The lowest BCUT2D eigenvalue weighted by atomic mass is 10.0. The Morgan fingerprint density at radius 2 is 2.00 bits per heavy atom. The molecule has 2 aliphatic rings. The molecule has 2 unspecified atom stereocenters. The zero-order chi connectivity index (χ0) is 19.4. The van der Waals surface area contributed by atoms with Crippen molar-refractivity contribution in [1.29, 1.82) is 0 Å². The number of hydrogen-bond donors (Lipinski definition) is 2. The van der Waals surface area contributed by atoms with Crippen molar-refractivity contribution in [1.82, 2.24) is 14.5 Å². The van der Waals surface area contributed by atoms with Crippen LogP contribution in [-0.4, -0.2) is 76.9 Å². The standard InChI is InChI=1S/C16H23N3O7S/c20-16(19(21)22)13-11-25-10-6-14(13)27(23,24)18-8-4-12(5-9-18)26-15-3-1-2-7-17-15/h1-3,7,12-14,21-22H,4-6,8-11H2. The number of carbonyl (C=O) groups excluding carboxylic acids is 1. The molecule has 0 bridgehead atoms. The maximum Gasteiger partial charge on any atom is 0.279 e. The molecule has 1 amide bonds. The lowest BCUT2D eigenvalue weighted by Crippen LogP contribution is -2.53.